The molecule has 1 aliphatic rings. The summed E-state index contributed by atoms with van der Waals surface area (Å²) in [6.07, 6.45) is 4.43. The largest absolute Gasteiger partial charge is 0.399 e. The van der Waals surface area contributed by atoms with Gasteiger partial charge < -0.3 is 10.5 Å². The highest BCUT2D eigenvalue weighted by atomic mass is 32.1. The molecule has 0 unspecified atom stereocenters. The molecule has 28 heavy (non-hydrogen) atoms. The van der Waals surface area contributed by atoms with Crippen molar-refractivity contribution in [2.24, 2.45) is 0 Å². The molecule has 6 heteroatoms. The Bertz CT molecular complexity index is 1090. The summed E-state index contributed by atoms with van der Waals surface area (Å²) in [6.45, 7) is 5.04. The van der Waals surface area contributed by atoms with Crippen LogP contribution < -0.4 is 5.73 Å². The van der Waals surface area contributed by atoms with Gasteiger partial charge >= 0.3 is 0 Å². The van der Waals surface area contributed by atoms with Crippen LogP contribution in [0.4, 0.5) is 5.69 Å². The van der Waals surface area contributed by atoms with E-state index in [4.69, 9.17) is 15.5 Å². The number of rotatable bonds is 5. The fourth-order valence-corrected chi connectivity index (χ4v) is 4.90. The number of anilines is 1. The van der Waals surface area contributed by atoms with Gasteiger partial charge in [0.05, 0.1) is 29.1 Å². The number of thiazole rings is 1. The summed E-state index contributed by atoms with van der Waals surface area (Å²) >= 11 is 1.76. The van der Waals surface area contributed by atoms with E-state index in [2.05, 4.69) is 33.7 Å². The summed E-state index contributed by atoms with van der Waals surface area (Å²) in [5, 5.41) is 0. The molecule has 0 aliphatic carbocycles. The molecule has 5 rings (SSSR count). The van der Waals surface area contributed by atoms with E-state index >= 15 is 0 Å². The van der Waals surface area contributed by atoms with Crippen molar-refractivity contribution >= 4 is 32.2 Å². The molecular weight excluding hydrogens is 368 g/mol. The van der Waals surface area contributed by atoms with Gasteiger partial charge in [-0.15, -0.1) is 0 Å². The molecule has 0 radical (unpaired) electrons. The molecule has 0 saturated carbocycles. The molecule has 2 aromatic carbocycles. The van der Waals surface area contributed by atoms with Crippen LogP contribution >= 0.6 is 11.3 Å². The number of fused-ring (bicyclic) bond motifs is 3. The van der Waals surface area contributed by atoms with E-state index in [-0.39, 0.29) is 0 Å². The number of nitrogens with two attached hydrogens (primary N) is 1. The number of imidazole rings is 1. The minimum atomic E-state index is 0.774. The number of hydrogen-bond acceptors (Lipinski definition) is 5. The second kappa shape index (κ2) is 7.54. The zero-order valence-electron chi connectivity index (χ0n) is 15.8. The predicted molar refractivity (Wildman–Crippen MR) is 116 cm³/mol. The van der Waals surface area contributed by atoms with Gasteiger partial charge in [0.2, 0.25) is 0 Å². The number of aryl methyl sites for hydroxylation is 1. The van der Waals surface area contributed by atoms with Crippen LogP contribution in [-0.4, -0.2) is 47.1 Å². The van der Waals surface area contributed by atoms with Gasteiger partial charge in [0.25, 0.3) is 0 Å². The normalized spacial score (nSPS) is 15.6. The monoisotopic (exact) mass is 392 g/mol. The lowest BCUT2D eigenvalue weighted by Crippen LogP contribution is -2.36. The lowest BCUT2D eigenvalue weighted by atomic mass is 10.1. The Hall–Kier alpha value is -2.41. The molecule has 4 aromatic rings. The van der Waals surface area contributed by atoms with Crippen molar-refractivity contribution in [1.29, 1.82) is 0 Å². The van der Waals surface area contributed by atoms with Crippen molar-refractivity contribution in [2.45, 2.75) is 12.8 Å². The first-order valence-electron chi connectivity index (χ1n) is 9.83. The molecule has 2 N–H and O–H groups in total. The Kier molecular flexibility index (Phi) is 4.76. The van der Waals surface area contributed by atoms with E-state index in [1.165, 1.54) is 22.2 Å². The molecule has 0 amide bonds. The summed E-state index contributed by atoms with van der Waals surface area (Å²) in [5.41, 5.74) is 11.3. The molecule has 0 bridgehead atoms. The van der Waals surface area contributed by atoms with E-state index < -0.39 is 0 Å². The maximum atomic E-state index is 5.79. The van der Waals surface area contributed by atoms with Crippen LogP contribution in [0.3, 0.4) is 0 Å². The number of nitrogens with zero attached hydrogens (tertiary/aromatic N) is 3. The summed E-state index contributed by atoms with van der Waals surface area (Å²) in [7, 11) is 0. The molecule has 3 heterocycles. The highest BCUT2D eigenvalue weighted by Crippen LogP contribution is 2.30. The fourth-order valence-electron chi connectivity index (χ4n) is 3.83. The lowest BCUT2D eigenvalue weighted by molar-refractivity contribution is 0.0375. The smallest absolute Gasteiger partial charge is 0.195 e. The van der Waals surface area contributed by atoms with Crippen LogP contribution in [0.5, 0.6) is 0 Å². The highest BCUT2D eigenvalue weighted by molar-refractivity contribution is 7.23. The number of aromatic nitrogens is 2. The van der Waals surface area contributed by atoms with E-state index in [0.29, 0.717) is 0 Å². The molecule has 1 saturated heterocycles. The Labute approximate surface area is 168 Å². The highest BCUT2D eigenvalue weighted by Gasteiger charge is 2.12. The number of morpholine rings is 1. The third-order valence-electron chi connectivity index (χ3n) is 5.41. The van der Waals surface area contributed by atoms with Crippen molar-refractivity contribution < 1.29 is 4.74 Å². The first kappa shape index (κ1) is 17.7. The van der Waals surface area contributed by atoms with Crippen LogP contribution in [0.1, 0.15) is 12.0 Å². The van der Waals surface area contributed by atoms with Gasteiger partial charge in [0.1, 0.15) is 0 Å². The van der Waals surface area contributed by atoms with Gasteiger partial charge in [-0.2, -0.15) is 0 Å². The van der Waals surface area contributed by atoms with Crippen LogP contribution in [-0.2, 0) is 11.2 Å². The summed E-state index contributed by atoms with van der Waals surface area (Å²) in [4.78, 5) is 8.36. The summed E-state index contributed by atoms with van der Waals surface area (Å²) in [5.74, 6) is 0. The van der Waals surface area contributed by atoms with Gasteiger partial charge in [0, 0.05) is 30.5 Å². The number of benzene rings is 2. The molecule has 1 fully saturated rings. The maximum absolute atomic E-state index is 5.79. The average molecular weight is 393 g/mol. The Morgan fingerprint density at radius 1 is 1.07 bits per heavy atom. The number of hydrogen-bond donors (Lipinski definition) is 1. The van der Waals surface area contributed by atoms with Gasteiger partial charge in [-0.25, -0.2) is 4.98 Å². The predicted octanol–water partition coefficient (Wildman–Crippen LogP) is 4.06. The summed E-state index contributed by atoms with van der Waals surface area (Å²) < 4.78 is 8.92. The van der Waals surface area contributed by atoms with Crippen LogP contribution in [0, 0.1) is 0 Å². The van der Waals surface area contributed by atoms with E-state index in [0.717, 1.165) is 61.2 Å². The second-order valence-corrected chi connectivity index (χ2v) is 8.37. The molecule has 144 valence electrons. The third kappa shape index (κ3) is 3.51. The van der Waals surface area contributed by atoms with Crippen molar-refractivity contribution in [3.63, 3.8) is 0 Å². The minimum Gasteiger partial charge on any atom is -0.399 e. The van der Waals surface area contributed by atoms with Crippen LogP contribution in [0.2, 0.25) is 0 Å². The summed E-state index contributed by atoms with van der Waals surface area (Å²) in [6, 6.07) is 14.7. The van der Waals surface area contributed by atoms with Gasteiger partial charge in [-0.05, 0) is 49.2 Å². The average Bonchev–Trinajstić information content (AvgIpc) is 3.27. The number of ether oxygens (including phenoxy) is 1. The Morgan fingerprint density at radius 2 is 1.89 bits per heavy atom. The SMILES string of the molecule is Nc1ccc(-c2cn3c(n2)sc2cc(CCCN4CCOCC4)ccc23)cc1. The third-order valence-corrected chi connectivity index (χ3v) is 6.43. The quantitative estimate of drug-likeness (QED) is 0.520. The van der Waals surface area contributed by atoms with Crippen molar-refractivity contribution in [2.75, 3.05) is 38.6 Å². The van der Waals surface area contributed by atoms with Gasteiger partial charge in [-0.1, -0.05) is 29.5 Å². The molecular formula is C22H24N4OS. The molecule has 2 aromatic heterocycles. The van der Waals surface area contributed by atoms with Crippen molar-refractivity contribution in [3.05, 3.63) is 54.2 Å². The fraction of sp³-hybridized carbons (Fsp3) is 0.318. The van der Waals surface area contributed by atoms with E-state index in [1.807, 2.05) is 24.3 Å². The van der Waals surface area contributed by atoms with E-state index in [9.17, 15) is 0 Å². The molecule has 5 nitrogen and oxygen atoms in total. The minimum absolute atomic E-state index is 0.774. The van der Waals surface area contributed by atoms with Gasteiger partial charge in [-0.3, -0.25) is 9.30 Å². The number of nitrogen functional groups attached to an aromatic ring is 1. The second-order valence-electron chi connectivity index (χ2n) is 7.36. The standard InChI is InChI=1S/C22H24N4OS/c23-18-6-4-17(5-7-18)19-15-26-20-8-3-16(14-21(20)28-22(26)24-19)2-1-9-25-10-12-27-13-11-25/h3-8,14-15H,1-2,9-13,23H2. The van der Waals surface area contributed by atoms with Crippen LogP contribution in [0.15, 0.2) is 48.7 Å². The van der Waals surface area contributed by atoms with Crippen molar-refractivity contribution in [3.8, 4) is 11.3 Å². The zero-order valence-corrected chi connectivity index (χ0v) is 16.6. The molecule has 1 aliphatic heterocycles. The lowest BCUT2D eigenvalue weighted by Gasteiger charge is -2.26. The van der Waals surface area contributed by atoms with Crippen molar-refractivity contribution in [1.82, 2.24) is 14.3 Å². The van der Waals surface area contributed by atoms with Gasteiger partial charge in [0.15, 0.2) is 4.96 Å². The zero-order chi connectivity index (χ0) is 18.9. The van der Waals surface area contributed by atoms with Crippen LogP contribution in [0.25, 0.3) is 26.4 Å². The molecule has 0 atom stereocenters. The molecule has 0 spiro atoms. The van der Waals surface area contributed by atoms with E-state index in [1.54, 1.807) is 11.3 Å². The first-order valence-corrected chi connectivity index (χ1v) is 10.6. The maximum Gasteiger partial charge on any atom is 0.195 e. The Balaban J connectivity index is 1.33. The topological polar surface area (TPSA) is 55.8 Å². The first-order chi connectivity index (χ1) is 13.8. The Morgan fingerprint density at radius 3 is 2.71 bits per heavy atom.